The van der Waals surface area contributed by atoms with E-state index in [1.165, 1.54) is 6.08 Å². The Balaban J connectivity index is 2.73. The van der Waals surface area contributed by atoms with Crippen LogP contribution in [-0.4, -0.2) is 27.0 Å². The molecular formula is C14H26O3Si. The van der Waals surface area contributed by atoms with Crippen molar-refractivity contribution in [3.8, 4) is 0 Å². The first-order valence-corrected chi connectivity index (χ1v) is 8.97. The summed E-state index contributed by atoms with van der Waals surface area (Å²) in [6.07, 6.45) is 3.08. The van der Waals surface area contributed by atoms with Crippen LogP contribution in [0.3, 0.4) is 0 Å². The number of ether oxygens (including phenoxy) is 1. The Kier molecular flexibility index (Phi) is 5.17. The number of cyclic esters (lactones) is 1. The van der Waals surface area contributed by atoms with Gasteiger partial charge in [-0.1, -0.05) is 41.5 Å². The standard InChI is InChI=1S/C14H26O3Si/c1-10(2)18(11(3)4,12(5)6)16-9-13-7-8-14(15)17-13/h7-8,10-13H,9H2,1-6H3/t13-/m0/s1. The second-order valence-electron chi connectivity index (χ2n) is 5.96. The van der Waals surface area contributed by atoms with Crippen LogP contribution in [0, 0.1) is 0 Å². The normalized spacial score (nSPS) is 20.3. The van der Waals surface area contributed by atoms with Crippen LogP contribution in [-0.2, 0) is 14.0 Å². The van der Waals surface area contributed by atoms with Gasteiger partial charge >= 0.3 is 5.97 Å². The number of hydrogen-bond donors (Lipinski definition) is 0. The van der Waals surface area contributed by atoms with Crippen LogP contribution in [0.5, 0.6) is 0 Å². The Morgan fingerprint density at radius 1 is 1.17 bits per heavy atom. The van der Waals surface area contributed by atoms with E-state index in [4.69, 9.17) is 9.16 Å². The van der Waals surface area contributed by atoms with Gasteiger partial charge in [-0.25, -0.2) is 4.79 Å². The second-order valence-corrected chi connectivity index (χ2v) is 11.4. The van der Waals surface area contributed by atoms with E-state index in [2.05, 4.69) is 41.5 Å². The molecule has 0 aromatic carbocycles. The molecule has 0 bridgehead atoms. The minimum Gasteiger partial charge on any atom is -0.453 e. The predicted octanol–water partition coefficient (Wildman–Crippen LogP) is 3.66. The highest BCUT2D eigenvalue weighted by molar-refractivity contribution is 6.77. The van der Waals surface area contributed by atoms with Gasteiger partial charge in [0.05, 0.1) is 6.61 Å². The van der Waals surface area contributed by atoms with Gasteiger partial charge in [0.1, 0.15) is 6.10 Å². The molecule has 1 aliphatic rings. The molecule has 0 spiro atoms. The zero-order valence-corrected chi connectivity index (χ0v) is 13.4. The van der Waals surface area contributed by atoms with Crippen LogP contribution in [0.4, 0.5) is 0 Å². The van der Waals surface area contributed by atoms with Gasteiger partial charge in [-0.3, -0.25) is 0 Å². The molecule has 1 rings (SSSR count). The molecule has 0 aromatic rings. The van der Waals surface area contributed by atoms with Crippen molar-refractivity contribution in [2.24, 2.45) is 0 Å². The summed E-state index contributed by atoms with van der Waals surface area (Å²) in [5.41, 5.74) is 1.66. The summed E-state index contributed by atoms with van der Waals surface area (Å²) in [7, 11) is -1.84. The molecule has 0 saturated carbocycles. The van der Waals surface area contributed by atoms with Crippen molar-refractivity contribution in [3.63, 3.8) is 0 Å². The van der Waals surface area contributed by atoms with E-state index in [0.29, 0.717) is 23.2 Å². The van der Waals surface area contributed by atoms with Gasteiger partial charge in [-0.15, -0.1) is 0 Å². The van der Waals surface area contributed by atoms with Crippen molar-refractivity contribution in [2.45, 2.75) is 64.3 Å². The average molecular weight is 270 g/mol. The molecule has 1 atom stereocenters. The third-order valence-electron chi connectivity index (χ3n) is 3.92. The highest BCUT2D eigenvalue weighted by Crippen LogP contribution is 2.42. The molecule has 104 valence electrons. The van der Waals surface area contributed by atoms with Crippen molar-refractivity contribution in [1.29, 1.82) is 0 Å². The van der Waals surface area contributed by atoms with Crippen molar-refractivity contribution in [2.75, 3.05) is 6.61 Å². The van der Waals surface area contributed by atoms with Crippen molar-refractivity contribution < 1.29 is 14.0 Å². The summed E-state index contributed by atoms with van der Waals surface area (Å²) in [4.78, 5) is 11.0. The van der Waals surface area contributed by atoms with E-state index in [1.807, 2.05) is 0 Å². The molecule has 0 unspecified atom stereocenters. The van der Waals surface area contributed by atoms with Crippen LogP contribution in [0.2, 0.25) is 16.6 Å². The van der Waals surface area contributed by atoms with Gasteiger partial charge < -0.3 is 9.16 Å². The molecule has 0 N–H and O–H groups in total. The highest BCUT2D eigenvalue weighted by Gasteiger charge is 2.45. The lowest BCUT2D eigenvalue weighted by atomic mass is 10.4. The predicted molar refractivity (Wildman–Crippen MR) is 76.0 cm³/mol. The van der Waals surface area contributed by atoms with Crippen LogP contribution in [0.1, 0.15) is 41.5 Å². The molecule has 0 aromatic heterocycles. The van der Waals surface area contributed by atoms with Gasteiger partial charge in [0.15, 0.2) is 0 Å². The Morgan fingerprint density at radius 2 is 1.67 bits per heavy atom. The van der Waals surface area contributed by atoms with Crippen LogP contribution in [0.25, 0.3) is 0 Å². The minimum absolute atomic E-state index is 0.194. The van der Waals surface area contributed by atoms with Crippen LogP contribution >= 0.6 is 0 Å². The topological polar surface area (TPSA) is 35.5 Å². The zero-order chi connectivity index (χ0) is 13.9. The molecule has 0 saturated heterocycles. The fourth-order valence-electron chi connectivity index (χ4n) is 3.23. The summed E-state index contributed by atoms with van der Waals surface area (Å²) in [6.45, 7) is 14.0. The van der Waals surface area contributed by atoms with Gasteiger partial charge in [-0.2, -0.15) is 0 Å². The first-order valence-electron chi connectivity index (χ1n) is 6.83. The molecule has 0 fully saturated rings. The van der Waals surface area contributed by atoms with Crippen LogP contribution < -0.4 is 0 Å². The van der Waals surface area contributed by atoms with E-state index in [0.717, 1.165) is 0 Å². The molecule has 18 heavy (non-hydrogen) atoms. The molecule has 0 amide bonds. The fourth-order valence-corrected chi connectivity index (χ4v) is 8.68. The summed E-state index contributed by atoms with van der Waals surface area (Å²) in [5.74, 6) is -0.255. The lowest BCUT2D eigenvalue weighted by Gasteiger charge is -2.42. The molecule has 4 heteroatoms. The number of carbonyl (C=O) groups is 1. The van der Waals surface area contributed by atoms with E-state index < -0.39 is 8.32 Å². The quantitative estimate of drug-likeness (QED) is 0.546. The van der Waals surface area contributed by atoms with E-state index in [9.17, 15) is 4.79 Å². The third kappa shape index (κ3) is 3.04. The first kappa shape index (κ1) is 15.4. The maximum absolute atomic E-state index is 11.0. The molecule has 0 radical (unpaired) electrons. The fraction of sp³-hybridized carbons (Fsp3) is 0.786. The Labute approximate surface area is 112 Å². The van der Waals surface area contributed by atoms with E-state index >= 15 is 0 Å². The maximum Gasteiger partial charge on any atom is 0.331 e. The molecule has 3 nitrogen and oxygen atoms in total. The lowest BCUT2D eigenvalue weighted by molar-refractivity contribution is -0.139. The molecular weight excluding hydrogens is 244 g/mol. The van der Waals surface area contributed by atoms with Crippen molar-refractivity contribution in [3.05, 3.63) is 12.2 Å². The highest BCUT2D eigenvalue weighted by atomic mass is 28.4. The second kappa shape index (κ2) is 6.02. The van der Waals surface area contributed by atoms with E-state index in [-0.39, 0.29) is 12.1 Å². The maximum atomic E-state index is 11.0. The van der Waals surface area contributed by atoms with Gasteiger partial charge in [0.25, 0.3) is 0 Å². The number of carbonyl (C=O) groups excluding carboxylic acids is 1. The lowest BCUT2D eigenvalue weighted by Crippen LogP contribution is -2.49. The summed E-state index contributed by atoms with van der Waals surface area (Å²) >= 11 is 0. The first-order chi connectivity index (χ1) is 8.30. The molecule has 1 heterocycles. The van der Waals surface area contributed by atoms with Gasteiger partial charge in [-0.05, 0) is 22.7 Å². The Bertz CT molecular complexity index is 299. The minimum atomic E-state index is -1.84. The Morgan fingerprint density at radius 3 is 2.00 bits per heavy atom. The number of hydrogen-bond acceptors (Lipinski definition) is 3. The molecule has 1 aliphatic heterocycles. The van der Waals surface area contributed by atoms with Crippen LogP contribution in [0.15, 0.2) is 12.2 Å². The summed E-state index contributed by atoms with van der Waals surface area (Å²) in [5, 5.41) is 0. The van der Waals surface area contributed by atoms with Crippen molar-refractivity contribution >= 4 is 14.3 Å². The smallest absolute Gasteiger partial charge is 0.331 e. The van der Waals surface area contributed by atoms with E-state index in [1.54, 1.807) is 6.08 Å². The Hall–Kier alpha value is -0.613. The van der Waals surface area contributed by atoms with Gasteiger partial charge in [0, 0.05) is 6.08 Å². The number of rotatable bonds is 6. The SMILES string of the molecule is CC(C)[Si](OC[C@@H]1C=CC(=O)O1)(C(C)C)C(C)C. The summed E-state index contributed by atoms with van der Waals surface area (Å²) in [6, 6.07) is 0. The monoisotopic (exact) mass is 270 g/mol. The largest absolute Gasteiger partial charge is 0.453 e. The average Bonchev–Trinajstić information content (AvgIpc) is 2.63. The summed E-state index contributed by atoms with van der Waals surface area (Å²) < 4.78 is 11.5. The molecule has 0 aliphatic carbocycles. The van der Waals surface area contributed by atoms with Gasteiger partial charge in [0.2, 0.25) is 8.32 Å². The van der Waals surface area contributed by atoms with Crippen molar-refractivity contribution in [1.82, 2.24) is 0 Å². The number of esters is 1. The third-order valence-corrected chi connectivity index (χ3v) is 10.0. The zero-order valence-electron chi connectivity index (χ0n) is 12.4.